The van der Waals surface area contributed by atoms with Crippen LogP contribution in [-0.2, 0) is 0 Å². The molecule has 1 amide bonds. The predicted octanol–water partition coefficient (Wildman–Crippen LogP) is 6.14. The van der Waals surface area contributed by atoms with Crippen LogP contribution in [0.4, 0.5) is 5.69 Å². The number of nitro benzene ring substituents is 1. The Kier molecular flexibility index (Phi) is 5.28. The quantitative estimate of drug-likeness (QED) is 0.333. The van der Waals surface area contributed by atoms with E-state index in [0.29, 0.717) is 27.7 Å². The number of benzene rings is 2. The van der Waals surface area contributed by atoms with Crippen molar-refractivity contribution in [1.29, 1.82) is 0 Å². The molecule has 2 aliphatic rings. The number of carbonyl (C=O) groups is 1. The van der Waals surface area contributed by atoms with E-state index in [4.69, 9.17) is 16.7 Å². The number of nitrogens with zero attached hydrogens (tertiary/aromatic N) is 4. The topological polar surface area (TPSA) is 81.3 Å². The number of likely N-dealkylation sites (tertiary alicyclic amines) is 1. The summed E-state index contributed by atoms with van der Waals surface area (Å²) in [7, 11) is 0. The summed E-state index contributed by atoms with van der Waals surface area (Å²) in [5, 5.41) is 16.3. The normalized spacial score (nSPS) is 23.2. The van der Waals surface area contributed by atoms with E-state index in [1.54, 1.807) is 35.0 Å². The molecule has 3 aromatic rings. The minimum absolute atomic E-state index is 0.00882. The standard InChI is InChI=1S/C26H27ClN4O3/c1-25(2)13-21-14-26(3,15-25)16-29(21)24(32)23-12-22(17-7-9-19(10-8-17)31(33)34)28-30(23)20-6-4-5-18(27)11-20/h4-12,21H,13-16H2,1-3H3. The van der Waals surface area contributed by atoms with Crippen molar-refractivity contribution in [1.82, 2.24) is 14.7 Å². The molecule has 1 saturated carbocycles. The lowest BCUT2D eigenvalue weighted by Crippen LogP contribution is -2.38. The van der Waals surface area contributed by atoms with E-state index in [-0.39, 0.29) is 28.5 Å². The highest BCUT2D eigenvalue weighted by Gasteiger charge is 2.51. The SMILES string of the molecule is CC1(C)CC2CC(C)(CN2C(=O)c2cc(-c3ccc([N+](=O)[O-])cc3)nn2-c2cccc(Cl)c2)C1. The summed E-state index contributed by atoms with van der Waals surface area (Å²) in [6.45, 7) is 7.58. The van der Waals surface area contributed by atoms with Crippen LogP contribution in [0.1, 0.15) is 50.5 Å². The van der Waals surface area contributed by atoms with Gasteiger partial charge in [-0.2, -0.15) is 5.10 Å². The van der Waals surface area contributed by atoms with Crippen LogP contribution in [0.5, 0.6) is 0 Å². The van der Waals surface area contributed by atoms with E-state index >= 15 is 0 Å². The van der Waals surface area contributed by atoms with Crippen molar-refractivity contribution in [2.75, 3.05) is 6.54 Å². The third-order valence-corrected chi connectivity index (χ3v) is 7.27. The van der Waals surface area contributed by atoms with Gasteiger partial charge in [0, 0.05) is 35.3 Å². The Morgan fingerprint density at radius 3 is 2.53 bits per heavy atom. The molecule has 1 saturated heterocycles. The molecule has 0 N–H and O–H groups in total. The molecule has 2 aromatic carbocycles. The van der Waals surface area contributed by atoms with Gasteiger partial charge in [0.2, 0.25) is 0 Å². The Morgan fingerprint density at radius 2 is 1.85 bits per heavy atom. The van der Waals surface area contributed by atoms with Gasteiger partial charge < -0.3 is 4.90 Å². The van der Waals surface area contributed by atoms with Crippen LogP contribution in [0.3, 0.4) is 0 Å². The van der Waals surface area contributed by atoms with E-state index in [1.165, 1.54) is 12.1 Å². The number of hydrogen-bond acceptors (Lipinski definition) is 4. The van der Waals surface area contributed by atoms with E-state index in [2.05, 4.69) is 20.8 Å². The first-order valence-electron chi connectivity index (χ1n) is 11.5. The van der Waals surface area contributed by atoms with Crippen molar-refractivity contribution in [2.45, 2.75) is 46.1 Å². The Hall–Kier alpha value is -3.19. The fourth-order valence-corrected chi connectivity index (χ4v) is 6.26. The van der Waals surface area contributed by atoms with E-state index in [0.717, 1.165) is 25.8 Å². The average Bonchev–Trinajstić information content (AvgIpc) is 3.31. The molecule has 34 heavy (non-hydrogen) atoms. The highest BCUT2D eigenvalue weighted by atomic mass is 35.5. The summed E-state index contributed by atoms with van der Waals surface area (Å²) in [6.07, 6.45) is 3.10. The van der Waals surface area contributed by atoms with Gasteiger partial charge in [0.1, 0.15) is 5.69 Å². The molecule has 2 bridgehead atoms. The summed E-state index contributed by atoms with van der Waals surface area (Å²) in [6, 6.07) is 15.4. The Morgan fingerprint density at radius 1 is 1.12 bits per heavy atom. The van der Waals surface area contributed by atoms with Gasteiger partial charge in [0.05, 0.1) is 16.3 Å². The van der Waals surface area contributed by atoms with Crippen LogP contribution in [0, 0.1) is 20.9 Å². The Bertz CT molecular complexity index is 1280. The van der Waals surface area contributed by atoms with Crippen LogP contribution in [-0.4, -0.2) is 38.1 Å². The second-order valence-corrected chi connectivity index (χ2v) is 11.2. The largest absolute Gasteiger partial charge is 0.334 e. The van der Waals surface area contributed by atoms with E-state index in [1.807, 2.05) is 17.0 Å². The van der Waals surface area contributed by atoms with Gasteiger partial charge in [-0.1, -0.05) is 38.4 Å². The Balaban J connectivity index is 1.57. The third kappa shape index (κ3) is 4.09. The number of fused-ring (bicyclic) bond motifs is 2. The van der Waals surface area contributed by atoms with E-state index in [9.17, 15) is 14.9 Å². The Labute approximate surface area is 203 Å². The van der Waals surface area contributed by atoms with Gasteiger partial charge in [-0.3, -0.25) is 14.9 Å². The van der Waals surface area contributed by atoms with Gasteiger partial charge in [-0.15, -0.1) is 0 Å². The highest BCUT2D eigenvalue weighted by Crippen LogP contribution is 2.52. The van der Waals surface area contributed by atoms with Crippen LogP contribution in [0.2, 0.25) is 5.02 Å². The molecule has 2 atom stereocenters. The number of aromatic nitrogens is 2. The summed E-state index contributed by atoms with van der Waals surface area (Å²) in [4.78, 5) is 26.6. The number of carbonyl (C=O) groups excluding carboxylic acids is 1. The number of nitro groups is 1. The molecule has 2 fully saturated rings. The van der Waals surface area contributed by atoms with Crippen molar-refractivity contribution in [3.05, 3.63) is 75.4 Å². The predicted molar refractivity (Wildman–Crippen MR) is 131 cm³/mol. The van der Waals surface area contributed by atoms with Crippen molar-refractivity contribution < 1.29 is 9.72 Å². The van der Waals surface area contributed by atoms with Gasteiger partial charge in [0.15, 0.2) is 0 Å². The summed E-state index contributed by atoms with van der Waals surface area (Å²) < 4.78 is 1.64. The van der Waals surface area contributed by atoms with Crippen LogP contribution in [0.25, 0.3) is 16.9 Å². The van der Waals surface area contributed by atoms with Crippen molar-refractivity contribution in [3.8, 4) is 16.9 Å². The average molecular weight is 479 g/mol. The number of halogens is 1. The number of non-ortho nitro benzene ring substituents is 1. The molecule has 5 rings (SSSR count). The minimum atomic E-state index is -0.434. The maximum atomic E-state index is 14.0. The fourth-order valence-electron chi connectivity index (χ4n) is 6.08. The summed E-state index contributed by atoms with van der Waals surface area (Å²) in [5.41, 5.74) is 2.76. The molecule has 2 heterocycles. The minimum Gasteiger partial charge on any atom is -0.334 e. The molecular formula is C26H27ClN4O3. The van der Waals surface area contributed by atoms with Crippen molar-refractivity contribution in [2.24, 2.45) is 10.8 Å². The zero-order valence-corrected chi connectivity index (χ0v) is 20.2. The fraction of sp³-hybridized carbons (Fsp3) is 0.385. The molecule has 8 heteroatoms. The molecule has 0 spiro atoms. The zero-order valence-electron chi connectivity index (χ0n) is 19.5. The van der Waals surface area contributed by atoms with Gasteiger partial charge in [-0.05, 0) is 66.5 Å². The first-order valence-corrected chi connectivity index (χ1v) is 11.8. The molecule has 1 aliphatic heterocycles. The first kappa shape index (κ1) is 22.6. The summed E-state index contributed by atoms with van der Waals surface area (Å²) in [5.74, 6) is -0.0490. The van der Waals surface area contributed by atoms with Crippen molar-refractivity contribution in [3.63, 3.8) is 0 Å². The maximum Gasteiger partial charge on any atom is 0.272 e. The maximum absolute atomic E-state index is 14.0. The monoisotopic (exact) mass is 478 g/mol. The first-order chi connectivity index (χ1) is 16.0. The molecule has 176 valence electrons. The summed E-state index contributed by atoms with van der Waals surface area (Å²) >= 11 is 6.25. The van der Waals surface area contributed by atoms with Crippen LogP contribution < -0.4 is 0 Å². The lowest BCUT2D eigenvalue weighted by atomic mass is 9.65. The van der Waals surface area contributed by atoms with Crippen LogP contribution >= 0.6 is 11.6 Å². The molecular weight excluding hydrogens is 452 g/mol. The number of rotatable bonds is 4. The van der Waals surface area contributed by atoms with Crippen molar-refractivity contribution >= 4 is 23.2 Å². The second kappa shape index (κ2) is 7.94. The molecule has 7 nitrogen and oxygen atoms in total. The molecule has 1 aliphatic carbocycles. The molecule has 0 radical (unpaired) electrons. The number of hydrogen-bond donors (Lipinski definition) is 0. The molecule has 1 aromatic heterocycles. The second-order valence-electron chi connectivity index (χ2n) is 10.8. The van der Waals surface area contributed by atoms with Gasteiger partial charge in [0.25, 0.3) is 11.6 Å². The zero-order chi connectivity index (χ0) is 24.3. The lowest BCUT2D eigenvalue weighted by molar-refractivity contribution is -0.384. The van der Waals surface area contributed by atoms with Crippen LogP contribution in [0.15, 0.2) is 54.6 Å². The molecule has 2 unspecified atom stereocenters. The van der Waals surface area contributed by atoms with Gasteiger partial charge in [-0.25, -0.2) is 4.68 Å². The smallest absolute Gasteiger partial charge is 0.272 e. The number of amides is 1. The lowest BCUT2D eigenvalue weighted by Gasteiger charge is -2.39. The van der Waals surface area contributed by atoms with E-state index < -0.39 is 4.92 Å². The third-order valence-electron chi connectivity index (χ3n) is 7.03. The highest BCUT2D eigenvalue weighted by molar-refractivity contribution is 6.30. The van der Waals surface area contributed by atoms with Gasteiger partial charge >= 0.3 is 0 Å².